The van der Waals surface area contributed by atoms with Gasteiger partial charge in [-0.25, -0.2) is 19.9 Å². The smallest absolute Gasteiger partial charge is 0.235 e. The van der Waals surface area contributed by atoms with Crippen molar-refractivity contribution >= 4 is 43.6 Å². The van der Waals surface area contributed by atoms with Crippen LogP contribution in [0.2, 0.25) is 0 Å². The van der Waals surface area contributed by atoms with Gasteiger partial charge in [0.2, 0.25) is 5.95 Å². The molecule has 0 radical (unpaired) electrons. The van der Waals surface area contributed by atoms with Gasteiger partial charge in [-0.05, 0) is 71.8 Å². The van der Waals surface area contributed by atoms with Gasteiger partial charge in [0, 0.05) is 55.0 Å². The first kappa shape index (κ1) is 39.1. The van der Waals surface area contributed by atoms with Crippen LogP contribution in [-0.4, -0.2) is 29.1 Å². The Morgan fingerprint density at radius 3 is 1.24 bits per heavy atom. The highest BCUT2D eigenvalue weighted by Gasteiger charge is 2.22. The Morgan fingerprint density at radius 2 is 0.691 bits per heavy atom. The van der Waals surface area contributed by atoms with Gasteiger partial charge in [-0.15, -0.1) is 0 Å². The maximum atomic E-state index is 5.32. The van der Waals surface area contributed by atoms with E-state index in [1.54, 1.807) is 0 Å². The van der Waals surface area contributed by atoms with Gasteiger partial charge in [0.15, 0.2) is 5.82 Å². The molecule has 13 aromatic rings. The molecule has 6 nitrogen and oxygen atoms in total. The summed E-state index contributed by atoms with van der Waals surface area (Å²) in [5.74, 6) is 1.30. The van der Waals surface area contributed by atoms with E-state index in [2.05, 4.69) is 228 Å². The number of hydrogen-bond donors (Lipinski definition) is 0. The van der Waals surface area contributed by atoms with Crippen molar-refractivity contribution in [2.45, 2.75) is 0 Å². The van der Waals surface area contributed by atoms with Crippen LogP contribution in [-0.2, 0) is 0 Å². The molecule has 0 amide bonds. The Morgan fingerprint density at radius 1 is 0.265 bits per heavy atom. The van der Waals surface area contributed by atoms with Crippen molar-refractivity contribution in [3.05, 3.63) is 243 Å². The number of hydrogen-bond acceptors (Lipinski definition) is 4. The molecule has 4 heterocycles. The quantitative estimate of drug-likeness (QED) is 0.153. The van der Waals surface area contributed by atoms with E-state index in [4.69, 9.17) is 19.9 Å². The van der Waals surface area contributed by atoms with Gasteiger partial charge in [0.1, 0.15) is 0 Å². The lowest BCUT2D eigenvalue weighted by molar-refractivity contribution is 0.995. The second-order valence-electron chi connectivity index (χ2n) is 17.1. The molecule has 0 saturated heterocycles. The van der Waals surface area contributed by atoms with Gasteiger partial charge in [-0.3, -0.25) is 4.57 Å². The fourth-order valence-electron chi connectivity index (χ4n) is 9.79. The lowest BCUT2D eigenvalue weighted by Crippen LogP contribution is -2.03. The largest absolute Gasteiger partial charge is 0.309 e. The molecule has 0 bridgehead atoms. The van der Waals surface area contributed by atoms with Crippen molar-refractivity contribution in [3.8, 4) is 79.2 Å². The molecule has 0 aliphatic heterocycles. The molecule has 0 spiro atoms. The van der Waals surface area contributed by atoms with Crippen molar-refractivity contribution in [1.29, 1.82) is 0 Å². The van der Waals surface area contributed by atoms with Crippen LogP contribution >= 0.6 is 0 Å². The molecule has 0 aliphatic carbocycles. The molecule has 0 aliphatic rings. The molecule has 9 aromatic carbocycles. The van der Waals surface area contributed by atoms with Crippen LogP contribution in [0.1, 0.15) is 0 Å². The number of para-hydroxylation sites is 2. The number of fused-ring (bicyclic) bond motifs is 6. The minimum atomic E-state index is 0.626. The summed E-state index contributed by atoms with van der Waals surface area (Å²) < 4.78 is 4.57. The normalized spacial score (nSPS) is 11.5. The Bertz CT molecular complexity index is 3880. The highest BCUT2D eigenvalue weighted by atomic mass is 15.2. The lowest BCUT2D eigenvalue weighted by Gasteiger charge is -2.12. The first-order valence-electron chi connectivity index (χ1n) is 22.9. The summed E-state index contributed by atoms with van der Waals surface area (Å²) in [6.07, 6.45) is 0. The topological polar surface area (TPSA) is 61.4 Å². The third-order valence-electron chi connectivity index (χ3n) is 13.0. The predicted octanol–water partition coefficient (Wildman–Crippen LogP) is 15.5. The fourth-order valence-corrected chi connectivity index (χ4v) is 9.79. The van der Waals surface area contributed by atoms with Gasteiger partial charge >= 0.3 is 0 Å². The van der Waals surface area contributed by atoms with E-state index in [0.717, 1.165) is 111 Å². The predicted molar refractivity (Wildman–Crippen MR) is 279 cm³/mol. The minimum Gasteiger partial charge on any atom is -0.309 e. The van der Waals surface area contributed by atoms with E-state index < -0.39 is 0 Å². The Hall–Kier alpha value is -9.26. The summed E-state index contributed by atoms with van der Waals surface area (Å²) in [4.78, 5) is 21.2. The van der Waals surface area contributed by atoms with Crippen molar-refractivity contribution in [1.82, 2.24) is 29.1 Å². The summed E-state index contributed by atoms with van der Waals surface area (Å²) in [5, 5.41) is 4.47. The molecule has 0 unspecified atom stereocenters. The van der Waals surface area contributed by atoms with Gasteiger partial charge in [-0.1, -0.05) is 182 Å². The van der Waals surface area contributed by atoms with Crippen molar-refractivity contribution in [3.63, 3.8) is 0 Å². The van der Waals surface area contributed by atoms with Crippen LogP contribution in [0.5, 0.6) is 0 Å². The SMILES string of the molecule is c1ccc(-c2cc(-c3ccccc3)nc(-c3cccc4c3c3cc(-c5ccc6c(c5)c5ccccc5n6-c5nc(-c6ccccc6)cc(-c6ccccc6)n5)ccc3n4-c3ccccc3)n2)cc1. The fraction of sp³-hybridized carbons (Fsp3) is 0. The molecule has 68 heavy (non-hydrogen) atoms. The molecule has 0 fully saturated rings. The maximum absolute atomic E-state index is 5.32. The highest BCUT2D eigenvalue weighted by Crippen LogP contribution is 2.42. The average molecular weight is 869 g/mol. The summed E-state index contributed by atoms with van der Waals surface area (Å²) in [5.41, 5.74) is 16.2. The highest BCUT2D eigenvalue weighted by molar-refractivity contribution is 6.17. The molecule has 0 saturated carbocycles. The number of aromatic nitrogens is 6. The summed E-state index contributed by atoms with van der Waals surface area (Å²) in [7, 11) is 0. The minimum absolute atomic E-state index is 0.626. The van der Waals surface area contributed by atoms with Crippen LogP contribution in [0.4, 0.5) is 0 Å². The van der Waals surface area contributed by atoms with E-state index in [1.807, 2.05) is 24.3 Å². The van der Waals surface area contributed by atoms with Crippen LogP contribution in [0.3, 0.4) is 0 Å². The molecule has 0 atom stereocenters. The zero-order valence-electron chi connectivity index (χ0n) is 36.8. The number of rotatable bonds is 8. The van der Waals surface area contributed by atoms with Crippen LogP contribution in [0.25, 0.3) is 123 Å². The average Bonchev–Trinajstić information content (AvgIpc) is 3.94. The van der Waals surface area contributed by atoms with Gasteiger partial charge in [0.05, 0.1) is 44.8 Å². The summed E-state index contributed by atoms with van der Waals surface area (Å²) in [6.45, 7) is 0. The number of benzene rings is 9. The van der Waals surface area contributed by atoms with E-state index in [-0.39, 0.29) is 0 Å². The monoisotopic (exact) mass is 868 g/mol. The van der Waals surface area contributed by atoms with E-state index >= 15 is 0 Å². The molecule has 4 aromatic heterocycles. The molecular formula is C62H40N6. The van der Waals surface area contributed by atoms with E-state index in [1.165, 1.54) is 0 Å². The first-order valence-corrected chi connectivity index (χ1v) is 22.9. The van der Waals surface area contributed by atoms with Gasteiger partial charge in [0.25, 0.3) is 0 Å². The molecule has 318 valence electrons. The van der Waals surface area contributed by atoms with Crippen LogP contribution in [0, 0.1) is 0 Å². The molecule has 0 N–H and O–H groups in total. The third kappa shape index (κ3) is 6.74. The Balaban J connectivity index is 1.02. The van der Waals surface area contributed by atoms with Gasteiger partial charge < -0.3 is 4.57 Å². The van der Waals surface area contributed by atoms with Crippen LogP contribution < -0.4 is 0 Å². The second kappa shape index (κ2) is 16.3. The van der Waals surface area contributed by atoms with Crippen molar-refractivity contribution in [2.24, 2.45) is 0 Å². The lowest BCUT2D eigenvalue weighted by atomic mass is 9.99. The Kier molecular flexibility index (Phi) is 9.39. The zero-order valence-corrected chi connectivity index (χ0v) is 36.8. The van der Waals surface area contributed by atoms with Gasteiger partial charge in [-0.2, -0.15) is 0 Å². The van der Waals surface area contributed by atoms with Crippen molar-refractivity contribution < 1.29 is 0 Å². The standard InChI is InChI=1S/C62H40N6/c1-6-19-41(20-7-1)52-39-53(42-21-8-2-9-22-42)64-61(63-52)49-30-18-32-59-60(49)51-38-46(34-36-58(51)67(59)47-27-14-5-15-28-47)45-33-35-57-50(37-45)48-29-16-17-31-56(48)68(57)62-65-54(43-23-10-3-11-24-43)40-55(66-62)44-25-12-4-13-26-44/h1-40H. The Labute approximate surface area is 392 Å². The number of nitrogens with zero attached hydrogens (tertiary/aromatic N) is 6. The molecule has 6 heteroatoms. The third-order valence-corrected chi connectivity index (χ3v) is 13.0. The van der Waals surface area contributed by atoms with Crippen LogP contribution in [0.15, 0.2) is 243 Å². The maximum Gasteiger partial charge on any atom is 0.235 e. The summed E-state index contributed by atoms with van der Waals surface area (Å²) >= 11 is 0. The second-order valence-corrected chi connectivity index (χ2v) is 17.1. The molecule has 13 rings (SSSR count). The zero-order chi connectivity index (χ0) is 45.0. The van der Waals surface area contributed by atoms with E-state index in [9.17, 15) is 0 Å². The van der Waals surface area contributed by atoms with Crippen molar-refractivity contribution in [2.75, 3.05) is 0 Å². The molecular weight excluding hydrogens is 829 g/mol. The van der Waals surface area contributed by atoms with E-state index in [0.29, 0.717) is 11.8 Å². The summed E-state index contributed by atoms with van der Waals surface area (Å²) in [6, 6.07) is 85.0. The first-order chi connectivity index (χ1) is 33.7.